The van der Waals surface area contributed by atoms with E-state index >= 15 is 0 Å². The molecule has 0 saturated carbocycles. The molecule has 104 valence electrons. The second kappa shape index (κ2) is 7.54. The largest absolute Gasteiger partial charge is 0.473 e. The average Bonchev–Trinajstić information content (AvgIpc) is 3.07. The second-order valence-electron chi connectivity index (χ2n) is 4.06. The Morgan fingerprint density at radius 1 is 1.53 bits per heavy atom. The van der Waals surface area contributed by atoms with Crippen molar-refractivity contribution in [1.82, 2.24) is 14.1 Å². The van der Waals surface area contributed by atoms with Crippen molar-refractivity contribution in [1.29, 1.82) is 0 Å². The van der Waals surface area contributed by atoms with Crippen molar-refractivity contribution in [2.75, 3.05) is 13.2 Å². The van der Waals surface area contributed by atoms with E-state index in [9.17, 15) is 5.11 Å². The topological polar surface area (TPSA) is 67.3 Å². The van der Waals surface area contributed by atoms with Gasteiger partial charge in [-0.1, -0.05) is 6.92 Å². The number of hydrogen-bond donors (Lipinski definition) is 2. The Kier molecular flexibility index (Phi) is 5.71. The van der Waals surface area contributed by atoms with Crippen LogP contribution in [0.1, 0.15) is 17.4 Å². The summed E-state index contributed by atoms with van der Waals surface area (Å²) in [6.07, 6.45) is 2.04. The summed E-state index contributed by atoms with van der Waals surface area (Å²) in [7, 11) is 0. The van der Waals surface area contributed by atoms with E-state index in [2.05, 4.69) is 32.4 Å². The van der Waals surface area contributed by atoms with Crippen molar-refractivity contribution >= 4 is 23.1 Å². The number of aliphatic hydroxyl groups excluding tert-OH is 1. The van der Waals surface area contributed by atoms with Gasteiger partial charge in [0.15, 0.2) is 0 Å². The SMILES string of the molecule is CCc1ccsc1CNCC(O)COc1cnsn1. The Hall–Kier alpha value is -1.02. The molecule has 2 N–H and O–H groups in total. The van der Waals surface area contributed by atoms with Gasteiger partial charge in [0.25, 0.3) is 0 Å². The number of rotatable bonds is 8. The first-order chi connectivity index (χ1) is 9.29. The lowest BCUT2D eigenvalue weighted by molar-refractivity contribution is 0.104. The number of aliphatic hydroxyl groups is 1. The van der Waals surface area contributed by atoms with Crippen LogP contribution in [0.2, 0.25) is 0 Å². The molecule has 2 rings (SSSR count). The lowest BCUT2D eigenvalue weighted by Gasteiger charge is -2.11. The summed E-state index contributed by atoms with van der Waals surface area (Å²) < 4.78 is 13.0. The number of nitrogens with zero attached hydrogens (tertiary/aromatic N) is 2. The lowest BCUT2D eigenvalue weighted by atomic mass is 10.2. The van der Waals surface area contributed by atoms with Crippen molar-refractivity contribution < 1.29 is 9.84 Å². The number of nitrogens with one attached hydrogen (secondary N) is 1. The van der Waals surface area contributed by atoms with Gasteiger partial charge in [0.05, 0.1) is 11.7 Å². The van der Waals surface area contributed by atoms with E-state index in [1.807, 2.05) is 0 Å². The Morgan fingerprint density at radius 3 is 3.16 bits per heavy atom. The molecule has 0 aliphatic carbocycles. The Morgan fingerprint density at radius 2 is 2.42 bits per heavy atom. The maximum absolute atomic E-state index is 9.77. The van der Waals surface area contributed by atoms with Crippen LogP contribution < -0.4 is 10.1 Å². The first-order valence-corrected chi connectivity index (χ1v) is 7.75. The molecule has 0 amide bonds. The molecule has 0 saturated heterocycles. The van der Waals surface area contributed by atoms with E-state index in [-0.39, 0.29) is 6.61 Å². The van der Waals surface area contributed by atoms with Gasteiger partial charge in [0.1, 0.15) is 18.9 Å². The van der Waals surface area contributed by atoms with Gasteiger partial charge in [-0.2, -0.15) is 4.37 Å². The number of ether oxygens (including phenoxy) is 1. The first kappa shape index (κ1) is 14.4. The maximum Gasteiger partial charge on any atom is 0.245 e. The zero-order chi connectivity index (χ0) is 13.5. The van der Waals surface area contributed by atoms with E-state index in [1.165, 1.54) is 10.4 Å². The minimum absolute atomic E-state index is 0.226. The molecule has 2 aromatic rings. The second-order valence-corrected chi connectivity index (χ2v) is 5.62. The standard InChI is InChI=1S/C12H17N3O2S2/c1-2-9-3-4-18-11(9)6-13-5-10(16)8-17-12-7-14-19-15-12/h3-4,7,10,13,16H,2,5-6,8H2,1H3. The normalized spacial score (nSPS) is 12.5. The minimum atomic E-state index is -0.549. The molecule has 7 heteroatoms. The van der Waals surface area contributed by atoms with Gasteiger partial charge >= 0.3 is 0 Å². The van der Waals surface area contributed by atoms with Gasteiger partial charge in [0, 0.05) is 18.0 Å². The summed E-state index contributed by atoms with van der Waals surface area (Å²) >= 11 is 2.84. The zero-order valence-corrected chi connectivity index (χ0v) is 12.3. The van der Waals surface area contributed by atoms with Crippen LogP contribution in [0.25, 0.3) is 0 Å². The molecule has 0 radical (unpaired) electrons. The van der Waals surface area contributed by atoms with Gasteiger partial charge in [-0.05, 0) is 23.4 Å². The molecule has 0 aliphatic heterocycles. The van der Waals surface area contributed by atoms with E-state index in [1.54, 1.807) is 17.5 Å². The highest BCUT2D eigenvalue weighted by molar-refractivity contribution is 7.10. The molecule has 1 atom stereocenters. The summed E-state index contributed by atoms with van der Waals surface area (Å²) in [5.41, 5.74) is 1.37. The predicted octanol–water partition coefficient (Wildman–Crippen LogP) is 1.69. The fraction of sp³-hybridized carbons (Fsp3) is 0.500. The summed E-state index contributed by atoms with van der Waals surface area (Å²) in [6, 6.07) is 2.15. The molecule has 2 aromatic heterocycles. The summed E-state index contributed by atoms with van der Waals surface area (Å²) in [4.78, 5) is 1.33. The lowest BCUT2D eigenvalue weighted by Crippen LogP contribution is -2.31. The van der Waals surface area contributed by atoms with Crippen molar-refractivity contribution in [2.24, 2.45) is 0 Å². The average molecular weight is 299 g/mol. The molecule has 5 nitrogen and oxygen atoms in total. The van der Waals surface area contributed by atoms with Gasteiger partial charge in [0.2, 0.25) is 5.88 Å². The summed E-state index contributed by atoms with van der Waals surface area (Å²) in [5.74, 6) is 0.468. The van der Waals surface area contributed by atoms with Gasteiger partial charge in [-0.15, -0.1) is 15.7 Å². The van der Waals surface area contributed by atoms with Crippen LogP contribution in [0.15, 0.2) is 17.6 Å². The van der Waals surface area contributed by atoms with Crippen LogP contribution in [0.4, 0.5) is 0 Å². The molecule has 19 heavy (non-hydrogen) atoms. The van der Waals surface area contributed by atoms with Gasteiger partial charge in [-0.25, -0.2) is 0 Å². The smallest absolute Gasteiger partial charge is 0.245 e. The van der Waals surface area contributed by atoms with Crippen molar-refractivity contribution in [3.05, 3.63) is 28.1 Å². The fourth-order valence-electron chi connectivity index (χ4n) is 1.65. The fourth-order valence-corrected chi connectivity index (χ4v) is 2.96. The maximum atomic E-state index is 9.77. The first-order valence-electron chi connectivity index (χ1n) is 6.14. The van der Waals surface area contributed by atoms with Crippen molar-refractivity contribution in [3.63, 3.8) is 0 Å². The van der Waals surface area contributed by atoms with E-state index in [0.29, 0.717) is 12.4 Å². The Balaban J connectivity index is 1.65. The third-order valence-corrected chi connectivity index (χ3v) is 4.07. The van der Waals surface area contributed by atoms with Crippen molar-refractivity contribution in [2.45, 2.75) is 26.0 Å². The van der Waals surface area contributed by atoms with Crippen molar-refractivity contribution in [3.8, 4) is 5.88 Å². The van der Waals surface area contributed by atoms with E-state index in [4.69, 9.17) is 4.74 Å². The minimum Gasteiger partial charge on any atom is -0.473 e. The highest BCUT2D eigenvalue weighted by Crippen LogP contribution is 2.16. The number of thiophene rings is 1. The molecular formula is C12H17N3O2S2. The predicted molar refractivity (Wildman–Crippen MR) is 76.8 cm³/mol. The van der Waals surface area contributed by atoms with Gasteiger partial charge in [-0.3, -0.25) is 0 Å². The Labute approximate surface area is 120 Å². The van der Waals surface area contributed by atoms with Crippen LogP contribution >= 0.6 is 23.1 Å². The number of aryl methyl sites for hydroxylation is 1. The number of hydrogen-bond acceptors (Lipinski definition) is 7. The third kappa shape index (κ3) is 4.54. The Bertz CT molecular complexity index is 473. The number of aromatic nitrogens is 2. The summed E-state index contributed by atoms with van der Waals surface area (Å²) in [6.45, 7) is 3.66. The van der Waals surface area contributed by atoms with Crippen LogP contribution in [-0.4, -0.2) is 33.1 Å². The van der Waals surface area contributed by atoms with Crippen LogP contribution in [0.5, 0.6) is 5.88 Å². The van der Waals surface area contributed by atoms with Gasteiger partial charge < -0.3 is 15.2 Å². The zero-order valence-electron chi connectivity index (χ0n) is 10.7. The van der Waals surface area contributed by atoms with E-state index in [0.717, 1.165) is 24.7 Å². The highest BCUT2D eigenvalue weighted by Gasteiger charge is 2.07. The molecule has 0 aliphatic rings. The van der Waals surface area contributed by atoms with Crippen LogP contribution in [-0.2, 0) is 13.0 Å². The molecule has 1 unspecified atom stereocenters. The molecular weight excluding hydrogens is 282 g/mol. The molecule has 0 spiro atoms. The summed E-state index contributed by atoms with van der Waals surface area (Å²) in [5, 5.41) is 15.1. The molecule has 0 fully saturated rings. The third-order valence-electron chi connectivity index (χ3n) is 2.65. The molecule has 0 bridgehead atoms. The quantitative estimate of drug-likeness (QED) is 0.776. The molecule has 0 aromatic carbocycles. The molecule has 2 heterocycles. The van der Waals surface area contributed by atoms with Crippen LogP contribution in [0, 0.1) is 0 Å². The van der Waals surface area contributed by atoms with E-state index < -0.39 is 6.10 Å². The highest BCUT2D eigenvalue weighted by atomic mass is 32.1. The van der Waals surface area contributed by atoms with Crippen LogP contribution in [0.3, 0.4) is 0 Å². The monoisotopic (exact) mass is 299 g/mol.